The van der Waals surface area contributed by atoms with E-state index < -0.39 is 35.9 Å². The van der Waals surface area contributed by atoms with Crippen LogP contribution in [0.5, 0.6) is 6.01 Å². The highest BCUT2D eigenvalue weighted by Crippen LogP contribution is 2.36. The third-order valence-electron chi connectivity index (χ3n) is 5.79. The first-order valence-electron chi connectivity index (χ1n) is 11.9. The predicted octanol–water partition coefficient (Wildman–Crippen LogP) is 6.09. The molecule has 1 amide bonds. The van der Waals surface area contributed by atoms with Crippen molar-refractivity contribution in [3.8, 4) is 17.3 Å². The summed E-state index contributed by atoms with van der Waals surface area (Å²) in [6.45, 7) is 2.41. The molecule has 0 aliphatic heterocycles. The van der Waals surface area contributed by atoms with Crippen molar-refractivity contribution in [3.05, 3.63) is 76.5 Å². The van der Waals surface area contributed by atoms with E-state index in [1.54, 1.807) is 18.2 Å². The molecule has 3 aromatic rings. The number of carbonyl (C=O) groups excluding carboxylic acids is 1. The highest BCUT2D eigenvalue weighted by atomic mass is 19.4. The van der Waals surface area contributed by atoms with Gasteiger partial charge in [0.15, 0.2) is 0 Å². The highest BCUT2D eigenvalue weighted by Gasteiger charge is 2.37. The summed E-state index contributed by atoms with van der Waals surface area (Å²) in [6, 6.07) is 8.40. The Hall–Kier alpha value is -3.67. The Bertz CT molecular complexity index is 1280. The van der Waals surface area contributed by atoms with Crippen molar-refractivity contribution in [1.82, 2.24) is 19.8 Å². The first-order valence-corrected chi connectivity index (χ1v) is 11.9. The van der Waals surface area contributed by atoms with Crippen molar-refractivity contribution in [2.24, 2.45) is 0 Å². The van der Waals surface area contributed by atoms with Crippen LogP contribution in [0.3, 0.4) is 0 Å². The smallest absolute Gasteiger partial charge is 0.416 e. The Balaban J connectivity index is 1.95. The molecule has 1 heterocycles. The SMILES string of the molecule is Cc1ccccc1-c1nc(OCCCN(C)C)ncc1C(=O)N(C)Cc1cc(C(F)(F)F)cc(C(F)(F)F)c1. The van der Waals surface area contributed by atoms with Crippen LogP contribution in [-0.4, -0.2) is 60.0 Å². The average Bonchev–Trinajstić information content (AvgIpc) is 2.85. The van der Waals surface area contributed by atoms with Gasteiger partial charge in [0, 0.05) is 31.9 Å². The van der Waals surface area contributed by atoms with Gasteiger partial charge >= 0.3 is 18.4 Å². The summed E-state index contributed by atoms with van der Waals surface area (Å²) < 4.78 is 85.4. The van der Waals surface area contributed by atoms with E-state index in [0.717, 1.165) is 17.0 Å². The van der Waals surface area contributed by atoms with E-state index in [-0.39, 0.29) is 28.9 Å². The molecule has 2 aromatic carbocycles. The Kier molecular flexibility index (Phi) is 9.21. The van der Waals surface area contributed by atoms with Gasteiger partial charge < -0.3 is 14.5 Å². The largest absolute Gasteiger partial charge is 0.463 e. The summed E-state index contributed by atoms with van der Waals surface area (Å²) in [5.74, 6) is -0.682. The van der Waals surface area contributed by atoms with E-state index in [1.807, 2.05) is 32.0 Å². The van der Waals surface area contributed by atoms with Gasteiger partial charge in [-0.15, -0.1) is 0 Å². The van der Waals surface area contributed by atoms with Gasteiger partial charge in [0.1, 0.15) is 0 Å². The Labute approximate surface area is 222 Å². The van der Waals surface area contributed by atoms with Crippen LogP contribution in [0.2, 0.25) is 0 Å². The number of alkyl halides is 6. The number of aryl methyl sites for hydroxylation is 1. The molecule has 1 aromatic heterocycles. The molecule has 0 radical (unpaired) electrons. The summed E-state index contributed by atoms with van der Waals surface area (Å²) in [6.07, 6.45) is -8.03. The maximum atomic E-state index is 13.4. The fourth-order valence-corrected chi connectivity index (χ4v) is 3.84. The normalized spacial score (nSPS) is 12.1. The Morgan fingerprint density at radius 1 is 0.949 bits per heavy atom. The van der Waals surface area contributed by atoms with Crippen LogP contribution in [0.4, 0.5) is 26.3 Å². The Morgan fingerprint density at radius 3 is 2.13 bits per heavy atom. The molecule has 0 aliphatic rings. The van der Waals surface area contributed by atoms with Crippen LogP contribution in [-0.2, 0) is 18.9 Å². The molecule has 0 bridgehead atoms. The highest BCUT2D eigenvalue weighted by molar-refractivity contribution is 5.99. The second-order valence-electron chi connectivity index (χ2n) is 9.31. The van der Waals surface area contributed by atoms with Crippen LogP contribution in [0.15, 0.2) is 48.7 Å². The van der Waals surface area contributed by atoms with E-state index >= 15 is 0 Å². The maximum absolute atomic E-state index is 13.4. The lowest BCUT2D eigenvalue weighted by atomic mass is 10.0. The standard InChI is InChI=1S/C27H28F6N4O2/c1-17-8-5-6-9-21(17)23-22(15-34-25(35-23)39-11-7-10-36(2)3)24(38)37(4)16-18-12-19(26(28,29)30)14-20(13-18)27(31,32)33/h5-6,8-9,12-15H,7,10-11,16H2,1-4H3. The molecule has 3 rings (SSSR count). The lowest BCUT2D eigenvalue weighted by Crippen LogP contribution is -2.28. The van der Waals surface area contributed by atoms with E-state index in [2.05, 4.69) is 9.97 Å². The fraction of sp³-hybridized carbons (Fsp3) is 0.370. The minimum Gasteiger partial charge on any atom is -0.463 e. The number of aromatic nitrogens is 2. The molecule has 0 aliphatic carbocycles. The Morgan fingerprint density at radius 2 is 1.56 bits per heavy atom. The molecule has 0 spiro atoms. The van der Waals surface area contributed by atoms with E-state index in [4.69, 9.17) is 4.74 Å². The lowest BCUT2D eigenvalue weighted by Gasteiger charge is -2.21. The molecule has 0 atom stereocenters. The molecule has 39 heavy (non-hydrogen) atoms. The molecular weight excluding hydrogens is 526 g/mol. The number of carbonyl (C=O) groups is 1. The van der Waals surface area contributed by atoms with Gasteiger partial charge in [-0.3, -0.25) is 4.79 Å². The molecule has 0 fully saturated rings. The van der Waals surface area contributed by atoms with Crippen molar-refractivity contribution in [3.63, 3.8) is 0 Å². The zero-order valence-electron chi connectivity index (χ0n) is 21.8. The fourth-order valence-electron chi connectivity index (χ4n) is 3.84. The zero-order valence-corrected chi connectivity index (χ0v) is 21.8. The quantitative estimate of drug-likeness (QED) is 0.237. The predicted molar refractivity (Wildman–Crippen MR) is 133 cm³/mol. The summed E-state index contributed by atoms with van der Waals surface area (Å²) in [4.78, 5) is 25.0. The van der Waals surface area contributed by atoms with Crippen LogP contribution in [0.25, 0.3) is 11.3 Å². The third kappa shape index (κ3) is 7.92. The zero-order chi connectivity index (χ0) is 29.0. The van der Waals surface area contributed by atoms with Crippen molar-refractivity contribution >= 4 is 5.91 Å². The summed E-state index contributed by atoms with van der Waals surface area (Å²) >= 11 is 0. The third-order valence-corrected chi connectivity index (χ3v) is 5.79. The van der Waals surface area contributed by atoms with Gasteiger partial charge in [-0.05, 0) is 56.8 Å². The van der Waals surface area contributed by atoms with Crippen molar-refractivity contribution < 1.29 is 35.9 Å². The van der Waals surface area contributed by atoms with Crippen molar-refractivity contribution in [2.75, 3.05) is 34.3 Å². The van der Waals surface area contributed by atoms with Gasteiger partial charge in [-0.2, -0.15) is 31.3 Å². The summed E-state index contributed by atoms with van der Waals surface area (Å²) in [5.41, 5.74) is -1.57. The molecule has 12 heteroatoms. The number of hydrogen-bond acceptors (Lipinski definition) is 5. The average molecular weight is 555 g/mol. The first-order chi connectivity index (χ1) is 18.2. The van der Waals surface area contributed by atoms with Gasteiger partial charge in [-0.25, -0.2) is 4.98 Å². The van der Waals surface area contributed by atoms with Gasteiger partial charge in [0.25, 0.3) is 5.91 Å². The molecule has 0 saturated heterocycles. The number of rotatable bonds is 9. The van der Waals surface area contributed by atoms with Crippen LogP contribution in [0, 0.1) is 6.92 Å². The molecule has 0 unspecified atom stereocenters. The molecule has 210 valence electrons. The topological polar surface area (TPSA) is 58.6 Å². The second-order valence-corrected chi connectivity index (χ2v) is 9.31. The van der Waals surface area contributed by atoms with Gasteiger partial charge in [-0.1, -0.05) is 24.3 Å². The van der Waals surface area contributed by atoms with E-state index in [1.165, 1.54) is 13.2 Å². The molecule has 0 N–H and O–H groups in total. The number of hydrogen-bond donors (Lipinski definition) is 0. The van der Waals surface area contributed by atoms with Gasteiger partial charge in [0.2, 0.25) is 0 Å². The number of benzene rings is 2. The second kappa shape index (κ2) is 12.0. The monoisotopic (exact) mass is 554 g/mol. The lowest BCUT2D eigenvalue weighted by molar-refractivity contribution is -0.143. The molecule has 0 saturated carbocycles. The van der Waals surface area contributed by atoms with Crippen LogP contribution < -0.4 is 4.74 Å². The van der Waals surface area contributed by atoms with E-state index in [0.29, 0.717) is 30.7 Å². The number of nitrogens with zero attached hydrogens (tertiary/aromatic N) is 4. The van der Waals surface area contributed by atoms with E-state index in [9.17, 15) is 31.1 Å². The first kappa shape index (κ1) is 29.9. The minimum absolute atomic E-state index is 0.0236. The summed E-state index contributed by atoms with van der Waals surface area (Å²) in [5, 5.41) is 0. The molecular formula is C27H28F6N4O2. The van der Waals surface area contributed by atoms with Crippen molar-refractivity contribution in [2.45, 2.75) is 32.2 Å². The van der Waals surface area contributed by atoms with Crippen molar-refractivity contribution in [1.29, 1.82) is 0 Å². The summed E-state index contributed by atoms with van der Waals surface area (Å²) in [7, 11) is 5.13. The number of ether oxygens (including phenoxy) is 1. The maximum Gasteiger partial charge on any atom is 0.416 e. The minimum atomic E-state index is -4.99. The molecule has 6 nitrogen and oxygen atoms in total. The van der Waals surface area contributed by atoms with Gasteiger partial charge in [0.05, 0.1) is 29.0 Å². The number of halogens is 6. The van der Waals surface area contributed by atoms with Crippen LogP contribution in [0.1, 0.15) is 39.0 Å². The number of amides is 1. The van der Waals surface area contributed by atoms with Crippen LogP contribution >= 0.6 is 0 Å².